The summed E-state index contributed by atoms with van der Waals surface area (Å²) in [6.07, 6.45) is 30.9. The van der Waals surface area contributed by atoms with Gasteiger partial charge in [0.05, 0.1) is 6.61 Å². The van der Waals surface area contributed by atoms with E-state index < -0.39 is 0 Å². The van der Waals surface area contributed by atoms with Crippen LogP contribution in [0.1, 0.15) is 176 Å². The lowest BCUT2D eigenvalue weighted by Crippen LogP contribution is -2.03. The zero-order valence-electron chi connectivity index (χ0n) is 27.3. The normalized spacial score (nSPS) is 13.2. The molecule has 0 aromatic rings. The highest BCUT2D eigenvalue weighted by Gasteiger charge is 2.02. The summed E-state index contributed by atoms with van der Waals surface area (Å²) in [6.45, 7) is 17.5. The fourth-order valence-electron chi connectivity index (χ4n) is 5.07. The Kier molecular flexibility index (Phi) is 29.4. The van der Waals surface area contributed by atoms with Gasteiger partial charge in [0.25, 0.3) is 0 Å². The van der Waals surface area contributed by atoms with Crippen LogP contribution in [0.2, 0.25) is 0 Å². The quantitative estimate of drug-likeness (QED) is 0.0671. The van der Waals surface area contributed by atoms with E-state index in [1.54, 1.807) is 0 Å². The van der Waals surface area contributed by atoms with E-state index in [9.17, 15) is 0 Å². The molecule has 1 unspecified atom stereocenters. The molecule has 0 aromatic heterocycles. The molecule has 38 heavy (non-hydrogen) atoms. The van der Waals surface area contributed by atoms with Gasteiger partial charge in [-0.15, -0.1) is 0 Å². The maximum atomic E-state index is 5.91. The van der Waals surface area contributed by atoms with E-state index in [0.29, 0.717) is 0 Å². The number of ether oxygens (including phenoxy) is 2. The first-order valence-corrected chi connectivity index (χ1v) is 17.2. The molecule has 0 heterocycles. The lowest BCUT2D eigenvalue weighted by molar-refractivity contribution is 0.117. The predicted octanol–water partition coefficient (Wildman–Crippen LogP) is 12.1. The zero-order valence-corrected chi connectivity index (χ0v) is 27.3. The standard InChI is InChI=1S/C36H72O2/c1-33(2)24-19-15-11-7-9-13-17-21-29-37-31-28-35(5)26-23-27-36(6)32-38-30-22-18-14-10-8-12-16-20-25-34(3)4/h27,33-35H,7-26,28-32H2,1-6H3. The zero-order chi connectivity index (χ0) is 28.1. The third-order valence-electron chi connectivity index (χ3n) is 7.88. The predicted molar refractivity (Wildman–Crippen MR) is 171 cm³/mol. The molecule has 0 aliphatic carbocycles. The highest BCUT2D eigenvalue weighted by Crippen LogP contribution is 2.15. The van der Waals surface area contributed by atoms with E-state index in [4.69, 9.17) is 9.47 Å². The molecule has 0 aliphatic heterocycles. The van der Waals surface area contributed by atoms with Crippen LogP contribution >= 0.6 is 0 Å². The SMILES string of the molecule is CC(=CCCC(C)CCOCCCCCCCCCCC(C)C)COCCCCCCCCCCC(C)C. The summed E-state index contributed by atoms with van der Waals surface area (Å²) in [7, 11) is 0. The Bertz CT molecular complexity index is 482. The molecular formula is C36H72O2. The Labute approximate surface area is 241 Å². The first-order chi connectivity index (χ1) is 18.4. The van der Waals surface area contributed by atoms with Crippen LogP contribution in [0.5, 0.6) is 0 Å². The van der Waals surface area contributed by atoms with Gasteiger partial charge in [0.1, 0.15) is 0 Å². The molecule has 228 valence electrons. The van der Waals surface area contributed by atoms with Crippen LogP contribution in [0.15, 0.2) is 11.6 Å². The van der Waals surface area contributed by atoms with E-state index in [1.165, 1.54) is 140 Å². The van der Waals surface area contributed by atoms with Gasteiger partial charge in [0.15, 0.2) is 0 Å². The Morgan fingerprint density at radius 3 is 1.37 bits per heavy atom. The van der Waals surface area contributed by atoms with E-state index in [0.717, 1.165) is 44.2 Å². The molecule has 0 rings (SSSR count). The van der Waals surface area contributed by atoms with Crippen molar-refractivity contribution in [2.75, 3.05) is 26.4 Å². The van der Waals surface area contributed by atoms with Gasteiger partial charge in [-0.1, -0.05) is 149 Å². The summed E-state index contributed by atoms with van der Waals surface area (Å²) in [4.78, 5) is 0. The number of hydrogen-bond donors (Lipinski definition) is 0. The topological polar surface area (TPSA) is 18.5 Å². The molecule has 0 fully saturated rings. The monoisotopic (exact) mass is 537 g/mol. The Morgan fingerprint density at radius 1 is 0.474 bits per heavy atom. The van der Waals surface area contributed by atoms with Gasteiger partial charge >= 0.3 is 0 Å². The average molecular weight is 537 g/mol. The van der Waals surface area contributed by atoms with Gasteiger partial charge in [0, 0.05) is 19.8 Å². The molecule has 0 spiro atoms. The van der Waals surface area contributed by atoms with Gasteiger partial charge in [-0.25, -0.2) is 0 Å². The second-order valence-electron chi connectivity index (χ2n) is 13.2. The summed E-state index contributed by atoms with van der Waals surface area (Å²) in [5.74, 6) is 2.48. The van der Waals surface area contributed by atoms with Crippen LogP contribution in [-0.4, -0.2) is 26.4 Å². The minimum Gasteiger partial charge on any atom is -0.381 e. The van der Waals surface area contributed by atoms with Crippen molar-refractivity contribution in [1.82, 2.24) is 0 Å². The van der Waals surface area contributed by atoms with Crippen molar-refractivity contribution in [3.05, 3.63) is 11.6 Å². The van der Waals surface area contributed by atoms with Crippen LogP contribution in [0, 0.1) is 17.8 Å². The lowest BCUT2D eigenvalue weighted by Gasteiger charge is -2.11. The van der Waals surface area contributed by atoms with Gasteiger partial charge < -0.3 is 9.47 Å². The van der Waals surface area contributed by atoms with Crippen molar-refractivity contribution in [3.63, 3.8) is 0 Å². The maximum Gasteiger partial charge on any atom is 0.0674 e. The van der Waals surface area contributed by atoms with Crippen molar-refractivity contribution < 1.29 is 9.47 Å². The van der Waals surface area contributed by atoms with Crippen molar-refractivity contribution in [2.24, 2.45) is 17.8 Å². The average Bonchev–Trinajstić information content (AvgIpc) is 2.87. The Hall–Kier alpha value is -0.340. The highest BCUT2D eigenvalue weighted by atomic mass is 16.5. The number of hydrogen-bond acceptors (Lipinski definition) is 2. The minimum atomic E-state index is 0.742. The Balaban J connectivity index is 3.36. The fraction of sp³-hybridized carbons (Fsp3) is 0.944. The summed E-state index contributed by atoms with van der Waals surface area (Å²) in [6, 6.07) is 0. The third-order valence-corrected chi connectivity index (χ3v) is 7.88. The summed E-state index contributed by atoms with van der Waals surface area (Å²) < 4.78 is 11.8. The van der Waals surface area contributed by atoms with Crippen LogP contribution in [0.4, 0.5) is 0 Å². The molecule has 0 radical (unpaired) electrons. The van der Waals surface area contributed by atoms with Crippen molar-refractivity contribution in [1.29, 1.82) is 0 Å². The summed E-state index contributed by atoms with van der Waals surface area (Å²) in [5, 5.41) is 0. The summed E-state index contributed by atoms with van der Waals surface area (Å²) in [5.41, 5.74) is 1.39. The molecule has 0 aliphatic rings. The van der Waals surface area contributed by atoms with Gasteiger partial charge in [-0.3, -0.25) is 0 Å². The van der Waals surface area contributed by atoms with Crippen molar-refractivity contribution in [3.8, 4) is 0 Å². The van der Waals surface area contributed by atoms with E-state index in [1.807, 2.05) is 0 Å². The lowest BCUT2D eigenvalue weighted by atomic mass is 10.0. The molecule has 0 saturated heterocycles. The first-order valence-electron chi connectivity index (χ1n) is 17.2. The smallest absolute Gasteiger partial charge is 0.0674 e. The minimum absolute atomic E-state index is 0.742. The van der Waals surface area contributed by atoms with Crippen LogP contribution in [0.25, 0.3) is 0 Å². The molecule has 1 atom stereocenters. The Morgan fingerprint density at radius 2 is 0.895 bits per heavy atom. The van der Waals surface area contributed by atoms with Crippen LogP contribution in [0.3, 0.4) is 0 Å². The van der Waals surface area contributed by atoms with E-state index >= 15 is 0 Å². The van der Waals surface area contributed by atoms with Gasteiger partial charge in [-0.2, -0.15) is 0 Å². The van der Waals surface area contributed by atoms with Crippen molar-refractivity contribution in [2.45, 2.75) is 176 Å². The van der Waals surface area contributed by atoms with Crippen molar-refractivity contribution >= 4 is 0 Å². The van der Waals surface area contributed by atoms with E-state index in [-0.39, 0.29) is 0 Å². The summed E-state index contributed by atoms with van der Waals surface area (Å²) >= 11 is 0. The molecule has 0 saturated carbocycles. The fourth-order valence-corrected chi connectivity index (χ4v) is 5.07. The molecule has 2 heteroatoms. The maximum absolute atomic E-state index is 5.91. The molecule has 0 N–H and O–H groups in total. The molecular weight excluding hydrogens is 464 g/mol. The van der Waals surface area contributed by atoms with Gasteiger partial charge in [0.2, 0.25) is 0 Å². The molecule has 0 aromatic carbocycles. The van der Waals surface area contributed by atoms with E-state index in [2.05, 4.69) is 47.6 Å². The highest BCUT2D eigenvalue weighted by molar-refractivity contribution is 4.98. The third kappa shape index (κ3) is 31.9. The van der Waals surface area contributed by atoms with Crippen LogP contribution in [-0.2, 0) is 9.47 Å². The molecule has 0 bridgehead atoms. The van der Waals surface area contributed by atoms with Gasteiger partial charge in [-0.05, 0) is 56.8 Å². The second-order valence-corrected chi connectivity index (χ2v) is 13.2. The number of unbranched alkanes of at least 4 members (excludes halogenated alkanes) is 14. The molecule has 2 nitrogen and oxygen atoms in total. The number of rotatable bonds is 30. The van der Waals surface area contributed by atoms with Crippen LogP contribution < -0.4 is 0 Å². The largest absolute Gasteiger partial charge is 0.381 e. The second kappa shape index (κ2) is 29.6. The first kappa shape index (κ1) is 37.7. The molecule has 0 amide bonds. The number of allylic oxidation sites excluding steroid dienone is 1.